The van der Waals surface area contributed by atoms with Gasteiger partial charge in [0.15, 0.2) is 11.5 Å². The van der Waals surface area contributed by atoms with E-state index in [0.29, 0.717) is 33.6 Å². The van der Waals surface area contributed by atoms with Crippen LogP contribution in [-0.4, -0.2) is 34.7 Å². The fourth-order valence-corrected chi connectivity index (χ4v) is 2.70. The van der Waals surface area contributed by atoms with Gasteiger partial charge >= 0.3 is 5.97 Å². The third kappa shape index (κ3) is 3.29. The van der Waals surface area contributed by atoms with Crippen LogP contribution < -0.4 is 9.47 Å². The number of methoxy groups -OCH3 is 2. The van der Waals surface area contributed by atoms with Crippen LogP contribution in [-0.2, 0) is 4.79 Å². The first-order chi connectivity index (χ1) is 12.0. The second-order valence-corrected chi connectivity index (χ2v) is 5.60. The quantitative estimate of drug-likeness (QED) is 0.703. The molecule has 2 heterocycles. The summed E-state index contributed by atoms with van der Waals surface area (Å²) >= 11 is 6.07. The second-order valence-electron chi connectivity index (χ2n) is 5.16. The van der Waals surface area contributed by atoms with Crippen LogP contribution >= 0.6 is 11.6 Å². The Kier molecular flexibility index (Phi) is 4.63. The molecule has 3 aromatic rings. The molecule has 1 aromatic carbocycles. The zero-order chi connectivity index (χ0) is 18.0. The molecule has 25 heavy (non-hydrogen) atoms. The molecule has 0 amide bonds. The van der Waals surface area contributed by atoms with E-state index in [1.807, 2.05) is 6.07 Å². The molecule has 0 bridgehead atoms. The number of rotatable bonds is 5. The number of halogens is 1. The van der Waals surface area contributed by atoms with Crippen molar-refractivity contribution in [1.82, 2.24) is 9.38 Å². The Labute approximate surface area is 148 Å². The van der Waals surface area contributed by atoms with Crippen LogP contribution in [0.4, 0.5) is 0 Å². The van der Waals surface area contributed by atoms with Crippen LogP contribution in [0, 0.1) is 0 Å². The number of carboxylic acid groups (broad SMARTS) is 1. The Morgan fingerprint density at radius 1 is 1.20 bits per heavy atom. The molecule has 0 spiro atoms. The number of pyridine rings is 1. The molecular formula is C18H15ClN2O4. The number of fused-ring (bicyclic) bond motifs is 1. The van der Waals surface area contributed by atoms with E-state index in [1.54, 1.807) is 49.1 Å². The van der Waals surface area contributed by atoms with Gasteiger partial charge < -0.3 is 14.6 Å². The highest BCUT2D eigenvalue weighted by molar-refractivity contribution is 6.30. The van der Waals surface area contributed by atoms with Crippen molar-refractivity contribution >= 4 is 29.3 Å². The van der Waals surface area contributed by atoms with Crippen LogP contribution in [0.1, 0.15) is 5.69 Å². The Morgan fingerprint density at radius 2 is 1.96 bits per heavy atom. The monoisotopic (exact) mass is 358 g/mol. The number of nitrogens with zero attached hydrogens (tertiary/aromatic N) is 2. The van der Waals surface area contributed by atoms with Crippen molar-refractivity contribution < 1.29 is 19.4 Å². The van der Waals surface area contributed by atoms with Gasteiger partial charge in [0.2, 0.25) is 0 Å². The molecule has 0 atom stereocenters. The highest BCUT2D eigenvalue weighted by atomic mass is 35.5. The van der Waals surface area contributed by atoms with Gasteiger partial charge in [-0.3, -0.25) is 4.40 Å². The van der Waals surface area contributed by atoms with Crippen molar-refractivity contribution in [3.05, 3.63) is 53.3 Å². The van der Waals surface area contributed by atoms with Gasteiger partial charge in [0.25, 0.3) is 0 Å². The largest absolute Gasteiger partial charge is 0.493 e. The van der Waals surface area contributed by atoms with E-state index in [9.17, 15) is 4.79 Å². The number of hydrogen-bond donors (Lipinski definition) is 1. The summed E-state index contributed by atoms with van der Waals surface area (Å²) in [6.45, 7) is 0. The Balaban J connectivity index is 2.24. The summed E-state index contributed by atoms with van der Waals surface area (Å²) in [5.41, 5.74) is 2.63. The third-order valence-electron chi connectivity index (χ3n) is 3.66. The minimum absolute atomic E-state index is 0.522. The smallest absolute Gasteiger partial charge is 0.328 e. The van der Waals surface area contributed by atoms with Crippen molar-refractivity contribution in [2.75, 3.05) is 14.2 Å². The van der Waals surface area contributed by atoms with Crippen LogP contribution in [0.15, 0.2) is 42.6 Å². The number of carboxylic acids is 1. The van der Waals surface area contributed by atoms with Crippen molar-refractivity contribution in [3.63, 3.8) is 0 Å². The molecule has 2 aromatic heterocycles. The molecular weight excluding hydrogens is 344 g/mol. The number of ether oxygens (including phenoxy) is 2. The topological polar surface area (TPSA) is 73.1 Å². The number of hydrogen-bond acceptors (Lipinski definition) is 4. The van der Waals surface area contributed by atoms with Gasteiger partial charge in [0.05, 0.1) is 30.6 Å². The van der Waals surface area contributed by atoms with Crippen molar-refractivity contribution in [3.8, 4) is 22.8 Å². The summed E-state index contributed by atoms with van der Waals surface area (Å²) in [5.74, 6) is 0.110. The first kappa shape index (κ1) is 16.9. The second kappa shape index (κ2) is 6.86. The van der Waals surface area contributed by atoms with Gasteiger partial charge in [-0.15, -0.1) is 0 Å². The van der Waals surface area contributed by atoms with E-state index in [0.717, 1.165) is 11.6 Å². The standard InChI is InChI=1S/C18H15ClN2O4/c1-24-14-6-3-11(9-15(14)25-2)18-13(5-8-17(22)23)21-10-12(19)4-7-16(21)20-18/h3-10H,1-2H3,(H,22,23). The van der Waals surface area contributed by atoms with Gasteiger partial charge in [-0.25, -0.2) is 9.78 Å². The average Bonchev–Trinajstić information content (AvgIpc) is 2.96. The molecule has 0 saturated heterocycles. The average molecular weight is 359 g/mol. The van der Waals surface area contributed by atoms with Crippen LogP contribution in [0.5, 0.6) is 11.5 Å². The molecule has 7 heteroatoms. The van der Waals surface area contributed by atoms with Crippen LogP contribution in [0.3, 0.4) is 0 Å². The summed E-state index contributed by atoms with van der Waals surface area (Å²) < 4.78 is 12.3. The number of aromatic nitrogens is 2. The highest BCUT2D eigenvalue weighted by Crippen LogP contribution is 2.34. The molecule has 3 rings (SSSR count). The third-order valence-corrected chi connectivity index (χ3v) is 3.88. The Hall–Kier alpha value is -2.99. The normalized spacial score (nSPS) is 11.2. The Bertz CT molecular complexity index is 979. The zero-order valence-electron chi connectivity index (χ0n) is 13.6. The van der Waals surface area contributed by atoms with Gasteiger partial charge in [0, 0.05) is 17.8 Å². The lowest BCUT2D eigenvalue weighted by molar-refractivity contribution is -0.131. The van der Waals surface area contributed by atoms with E-state index < -0.39 is 5.97 Å². The molecule has 0 saturated carbocycles. The summed E-state index contributed by atoms with van der Waals surface area (Å²) in [7, 11) is 3.11. The fraction of sp³-hybridized carbons (Fsp3) is 0.111. The molecule has 0 aliphatic rings. The Morgan fingerprint density at radius 3 is 2.64 bits per heavy atom. The summed E-state index contributed by atoms with van der Waals surface area (Å²) in [4.78, 5) is 15.5. The lowest BCUT2D eigenvalue weighted by Crippen LogP contribution is -1.93. The van der Waals surface area contributed by atoms with Crippen molar-refractivity contribution in [2.45, 2.75) is 0 Å². The van der Waals surface area contributed by atoms with Crippen LogP contribution in [0.2, 0.25) is 5.02 Å². The van der Waals surface area contributed by atoms with Crippen LogP contribution in [0.25, 0.3) is 23.0 Å². The SMILES string of the molecule is COc1ccc(-c2nc3ccc(Cl)cn3c2C=CC(=O)O)cc1OC. The van der Waals surface area contributed by atoms with Gasteiger partial charge in [0.1, 0.15) is 5.65 Å². The lowest BCUT2D eigenvalue weighted by atomic mass is 10.1. The number of benzene rings is 1. The maximum Gasteiger partial charge on any atom is 0.328 e. The molecule has 6 nitrogen and oxygen atoms in total. The van der Waals surface area contributed by atoms with E-state index in [2.05, 4.69) is 4.98 Å². The summed E-state index contributed by atoms with van der Waals surface area (Å²) in [5, 5.41) is 9.49. The molecule has 1 N–H and O–H groups in total. The maximum absolute atomic E-state index is 11.0. The summed E-state index contributed by atoms with van der Waals surface area (Å²) in [6.07, 6.45) is 4.25. The minimum atomic E-state index is -1.05. The molecule has 128 valence electrons. The maximum atomic E-state index is 11.0. The molecule has 0 unspecified atom stereocenters. The molecule has 0 aliphatic heterocycles. The molecule has 0 aliphatic carbocycles. The fourth-order valence-electron chi connectivity index (χ4n) is 2.54. The zero-order valence-corrected chi connectivity index (χ0v) is 14.3. The first-order valence-corrected chi connectivity index (χ1v) is 7.72. The number of carbonyl (C=O) groups is 1. The van der Waals surface area contributed by atoms with E-state index >= 15 is 0 Å². The molecule has 0 fully saturated rings. The van der Waals surface area contributed by atoms with E-state index in [4.69, 9.17) is 26.2 Å². The van der Waals surface area contributed by atoms with E-state index in [1.165, 1.54) is 6.08 Å². The molecule has 0 radical (unpaired) electrons. The van der Waals surface area contributed by atoms with Gasteiger partial charge in [-0.05, 0) is 36.4 Å². The van der Waals surface area contributed by atoms with Gasteiger partial charge in [-0.2, -0.15) is 0 Å². The predicted octanol–water partition coefficient (Wildman–Crippen LogP) is 3.77. The summed E-state index contributed by atoms with van der Waals surface area (Å²) in [6, 6.07) is 8.90. The highest BCUT2D eigenvalue weighted by Gasteiger charge is 2.15. The first-order valence-electron chi connectivity index (χ1n) is 7.34. The van der Waals surface area contributed by atoms with Crippen molar-refractivity contribution in [1.29, 1.82) is 0 Å². The minimum Gasteiger partial charge on any atom is -0.493 e. The predicted molar refractivity (Wildman–Crippen MR) is 95.4 cm³/mol. The van der Waals surface area contributed by atoms with E-state index in [-0.39, 0.29) is 0 Å². The number of aliphatic carboxylic acids is 1. The van der Waals surface area contributed by atoms with Gasteiger partial charge in [-0.1, -0.05) is 11.6 Å². The number of imidazole rings is 1. The van der Waals surface area contributed by atoms with Crippen molar-refractivity contribution in [2.24, 2.45) is 0 Å². The lowest BCUT2D eigenvalue weighted by Gasteiger charge is -2.09.